The molecular formula is C18H18N4O. The maximum Gasteiger partial charge on any atom is 0.290 e. The summed E-state index contributed by atoms with van der Waals surface area (Å²) in [4.78, 5) is 16.5. The summed E-state index contributed by atoms with van der Waals surface area (Å²) < 4.78 is 1.47. The van der Waals surface area contributed by atoms with Crippen LogP contribution in [0.1, 0.15) is 12.5 Å². The van der Waals surface area contributed by atoms with Crippen molar-refractivity contribution in [2.24, 2.45) is 0 Å². The van der Waals surface area contributed by atoms with E-state index in [2.05, 4.69) is 15.4 Å². The first-order chi connectivity index (χ1) is 11.2. The zero-order valence-corrected chi connectivity index (χ0v) is 13.2. The molecule has 0 aliphatic carbocycles. The largest absolute Gasteiger partial charge is 0.350 e. The van der Waals surface area contributed by atoms with E-state index in [4.69, 9.17) is 0 Å². The number of hydrogen-bond donors (Lipinski definition) is 1. The van der Waals surface area contributed by atoms with Crippen molar-refractivity contribution in [3.05, 3.63) is 70.8 Å². The van der Waals surface area contributed by atoms with Crippen molar-refractivity contribution in [1.29, 1.82) is 0 Å². The van der Waals surface area contributed by atoms with Crippen LogP contribution in [0.4, 0.5) is 11.4 Å². The molecule has 0 radical (unpaired) electrons. The van der Waals surface area contributed by atoms with Crippen LogP contribution in [0.25, 0.3) is 11.3 Å². The fourth-order valence-electron chi connectivity index (χ4n) is 2.30. The van der Waals surface area contributed by atoms with Gasteiger partial charge < -0.3 is 5.32 Å². The number of rotatable bonds is 4. The van der Waals surface area contributed by atoms with Gasteiger partial charge in [0.2, 0.25) is 0 Å². The first-order valence-electron chi connectivity index (χ1n) is 7.53. The van der Waals surface area contributed by atoms with Crippen LogP contribution in [-0.4, -0.2) is 14.8 Å². The molecule has 2 aromatic heterocycles. The van der Waals surface area contributed by atoms with Gasteiger partial charge in [-0.05, 0) is 32.0 Å². The highest BCUT2D eigenvalue weighted by molar-refractivity contribution is 5.66. The van der Waals surface area contributed by atoms with Gasteiger partial charge in [-0.2, -0.15) is 5.10 Å². The Bertz CT molecular complexity index is 854. The van der Waals surface area contributed by atoms with Crippen LogP contribution in [0.15, 0.2) is 59.7 Å². The zero-order valence-electron chi connectivity index (χ0n) is 13.2. The molecule has 0 spiro atoms. The van der Waals surface area contributed by atoms with Gasteiger partial charge in [-0.15, -0.1) is 0 Å². The van der Waals surface area contributed by atoms with Gasteiger partial charge in [0.15, 0.2) is 0 Å². The molecule has 1 N–H and O–H groups in total. The maximum atomic E-state index is 12.5. The number of pyridine rings is 1. The number of nitrogens with one attached hydrogen (secondary N) is 1. The summed E-state index contributed by atoms with van der Waals surface area (Å²) in [6.07, 6.45) is 3.38. The molecule has 0 bridgehead atoms. The lowest BCUT2D eigenvalue weighted by Gasteiger charge is -2.11. The molecule has 0 saturated heterocycles. The van der Waals surface area contributed by atoms with Crippen molar-refractivity contribution in [2.45, 2.75) is 20.4 Å². The van der Waals surface area contributed by atoms with Gasteiger partial charge in [0.25, 0.3) is 5.56 Å². The van der Waals surface area contributed by atoms with E-state index in [1.807, 2.05) is 50.2 Å². The van der Waals surface area contributed by atoms with Gasteiger partial charge in [0.05, 0.1) is 17.6 Å². The van der Waals surface area contributed by atoms with Gasteiger partial charge in [0.1, 0.15) is 5.69 Å². The lowest BCUT2D eigenvalue weighted by atomic mass is 10.1. The molecule has 0 fully saturated rings. The molecule has 3 rings (SSSR count). The number of hydrogen-bond acceptors (Lipinski definition) is 4. The van der Waals surface area contributed by atoms with E-state index >= 15 is 0 Å². The molecule has 5 heteroatoms. The molecule has 116 valence electrons. The standard InChI is InChI=1S/C18H18N4O/c1-3-22-18(23)17(20-15-5-4-10-19-12-15)11-16(21-22)14-8-6-13(2)7-9-14/h4-12,20H,3H2,1-2H3. The monoisotopic (exact) mass is 306 g/mol. The molecular weight excluding hydrogens is 288 g/mol. The maximum absolute atomic E-state index is 12.5. The Kier molecular flexibility index (Phi) is 4.19. The highest BCUT2D eigenvalue weighted by Crippen LogP contribution is 2.20. The van der Waals surface area contributed by atoms with Crippen molar-refractivity contribution >= 4 is 11.4 Å². The molecule has 0 aliphatic rings. The van der Waals surface area contributed by atoms with Crippen LogP contribution in [0.5, 0.6) is 0 Å². The smallest absolute Gasteiger partial charge is 0.290 e. The number of benzene rings is 1. The summed E-state index contributed by atoms with van der Waals surface area (Å²) in [5.41, 5.74) is 4.04. The topological polar surface area (TPSA) is 59.8 Å². The number of aryl methyl sites for hydroxylation is 2. The van der Waals surface area contributed by atoms with Crippen molar-refractivity contribution in [3.63, 3.8) is 0 Å². The van der Waals surface area contributed by atoms with Gasteiger partial charge in [0, 0.05) is 18.3 Å². The van der Waals surface area contributed by atoms with Crippen molar-refractivity contribution in [3.8, 4) is 11.3 Å². The fraction of sp³-hybridized carbons (Fsp3) is 0.167. The second-order valence-corrected chi connectivity index (χ2v) is 5.30. The van der Waals surface area contributed by atoms with Gasteiger partial charge in [-0.1, -0.05) is 29.8 Å². The van der Waals surface area contributed by atoms with Crippen LogP contribution in [0, 0.1) is 6.92 Å². The number of nitrogens with zero attached hydrogens (tertiary/aromatic N) is 3. The van der Waals surface area contributed by atoms with Crippen LogP contribution < -0.4 is 10.9 Å². The number of anilines is 2. The molecule has 5 nitrogen and oxygen atoms in total. The molecule has 0 amide bonds. The Morgan fingerprint density at radius 2 is 1.96 bits per heavy atom. The van der Waals surface area contributed by atoms with Gasteiger partial charge >= 0.3 is 0 Å². The first kappa shape index (κ1) is 15.0. The average molecular weight is 306 g/mol. The molecule has 0 atom stereocenters. The van der Waals surface area contributed by atoms with E-state index in [0.717, 1.165) is 16.9 Å². The molecule has 3 aromatic rings. The molecule has 1 aromatic carbocycles. The molecule has 0 unspecified atom stereocenters. The third-order valence-corrected chi connectivity index (χ3v) is 3.56. The summed E-state index contributed by atoms with van der Waals surface area (Å²) in [5.74, 6) is 0. The van der Waals surface area contributed by atoms with E-state index in [-0.39, 0.29) is 5.56 Å². The minimum absolute atomic E-state index is 0.146. The van der Waals surface area contributed by atoms with Crippen LogP contribution >= 0.6 is 0 Å². The van der Waals surface area contributed by atoms with Crippen molar-refractivity contribution in [1.82, 2.24) is 14.8 Å². The van der Waals surface area contributed by atoms with E-state index in [1.54, 1.807) is 18.5 Å². The number of aromatic nitrogens is 3. The zero-order chi connectivity index (χ0) is 16.2. The third-order valence-electron chi connectivity index (χ3n) is 3.56. The predicted octanol–water partition coefficient (Wildman–Crippen LogP) is 3.38. The van der Waals surface area contributed by atoms with Crippen molar-refractivity contribution in [2.75, 3.05) is 5.32 Å². The molecule has 0 aliphatic heterocycles. The minimum Gasteiger partial charge on any atom is -0.350 e. The van der Waals surface area contributed by atoms with E-state index in [0.29, 0.717) is 12.2 Å². The summed E-state index contributed by atoms with van der Waals surface area (Å²) in [6.45, 7) is 4.46. The quantitative estimate of drug-likeness (QED) is 0.803. The van der Waals surface area contributed by atoms with E-state index in [9.17, 15) is 4.79 Å². The molecule has 23 heavy (non-hydrogen) atoms. The van der Waals surface area contributed by atoms with Crippen LogP contribution in [0.2, 0.25) is 0 Å². The molecule has 2 heterocycles. The van der Waals surface area contributed by atoms with Crippen LogP contribution in [0.3, 0.4) is 0 Å². The highest BCUT2D eigenvalue weighted by Gasteiger charge is 2.09. The lowest BCUT2D eigenvalue weighted by molar-refractivity contribution is 0.621. The third kappa shape index (κ3) is 3.29. The minimum atomic E-state index is -0.146. The Hall–Kier alpha value is -2.95. The Labute approximate surface area is 134 Å². The average Bonchev–Trinajstić information content (AvgIpc) is 2.58. The Morgan fingerprint density at radius 1 is 1.17 bits per heavy atom. The normalized spacial score (nSPS) is 10.5. The van der Waals surface area contributed by atoms with E-state index in [1.165, 1.54) is 10.2 Å². The lowest BCUT2D eigenvalue weighted by Crippen LogP contribution is -2.24. The fourth-order valence-corrected chi connectivity index (χ4v) is 2.30. The van der Waals surface area contributed by atoms with Crippen LogP contribution in [-0.2, 0) is 6.54 Å². The SMILES string of the molecule is CCn1nc(-c2ccc(C)cc2)cc(Nc2cccnc2)c1=O. The first-order valence-corrected chi connectivity index (χ1v) is 7.53. The second kappa shape index (κ2) is 6.44. The summed E-state index contributed by atoms with van der Waals surface area (Å²) in [5, 5.41) is 7.57. The highest BCUT2D eigenvalue weighted by atomic mass is 16.1. The summed E-state index contributed by atoms with van der Waals surface area (Å²) >= 11 is 0. The second-order valence-electron chi connectivity index (χ2n) is 5.30. The molecule has 0 saturated carbocycles. The van der Waals surface area contributed by atoms with Crippen molar-refractivity contribution < 1.29 is 0 Å². The Morgan fingerprint density at radius 3 is 2.61 bits per heavy atom. The Balaban J connectivity index is 2.06. The van der Waals surface area contributed by atoms with Gasteiger partial charge in [-0.3, -0.25) is 9.78 Å². The summed E-state index contributed by atoms with van der Waals surface area (Å²) in [6, 6.07) is 13.6. The summed E-state index contributed by atoms with van der Waals surface area (Å²) in [7, 11) is 0. The van der Waals surface area contributed by atoms with Gasteiger partial charge in [-0.25, -0.2) is 4.68 Å². The predicted molar refractivity (Wildman–Crippen MR) is 91.9 cm³/mol. The van der Waals surface area contributed by atoms with E-state index < -0.39 is 0 Å².